The highest BCUT2D eigenvalue weighted by Gasteiger charge is 2.21. The molecule has 2 rings (SSSR count). The van der Waals surface area contributed by atoms with E-state index in [1.54, 1.807) is 11.3 Å². The van der Waals surface area contributed by atoms with Crippen molar-refractivity contribution in [1.82, 2.24) is 15.3 Å². The highest BCUT2D eigenvalue weighted by molar-refractivity contribution is 9.10. The molecule has 0 spiro atoms. The predicted molar refractivity (Wildman–Crippen MR) is 75.1 cm³/mol. The first kappa shape index (κ1) is 12.7. The maximum absolute atomic E-state index is 4.61. The van der Waals surface area contributed by atoms with Crippen LogP contribution < -0.4 is 5.32 Å². The Morgan fingerprint density at radius 2 is 2.18 bits per heavy atom. The van der Waals surface area contributed by atoms with Crippen molar-refractivity contribution in [2.75, 3.05) is 7.05 Å². The van der Waals surface area contributed by atoms with Crippen LogP contribution in [0.3, 0.4) is 0 Å². The number of halogens is 1. The molecule has 0 radical (unpaired) electrons. The van der Waals surface area contributed by atoms with E-state index in [1.165, 1.54) is 0 Å². The molecule has 0 fully saturated rings. The largest absolute Gasteiger partial charge is 0.308 e. The minimum absolute atomic E-state index is 0.218. The second-order valence-corrected chi connectivity index (χ2v) is 6.10. The van der Waals surface area contributed by atoms with Gasteiger partial charge in [0.1, 0.15) is 5.82 Å². The minimum atomic E-state index is -0.218. The summed E-state index contributed by atoms with van der Waals surface area (Å²) in [6, 6.07) is 4.01. The topological polar surface area (TPSA) is 37.8 Å². The van der Waals surface area contributed by atoms with E-state index in [4.69, 9.17) is 0 Å². The molecule has 0 saturated carbocycles. The molecular weight excluding hydrogens is 298 g/mol. The van der Waals surface area contributed by atoms with Crippen molar-refractivity contribution < 1.29 is 0 Å². The zero-order valence-electron chi connectivity index (χ0n) is 9.99. The number of thiophene rings is 1. The Morgan fingerprint density at radius 1 is 1.41 bits per heavy atom. The van der Waals surface area contributed by atoms with E-state index in [2.05, 4.69) is 56.5 Å². The maximum Gasteiger partial charge on any atom is 0.148 e. The second-order valence-electron chi connectivity index (χ2n) is 4.27. The summed E-state index contributed by atoms with van der Waals surface area (Å²) >= 11 is 5.13. The van der Waals surface area contributed by atoms with Gasteiger partial charge >= 0.3 is 0 Å². The van der Waals surface area contributed by atoms with Gasteiger partial charge in [-0.15, -0.1) is 11.3 Å². The van der Waals surface area contributed by atoms with Crippen LogP contribution in [0.25, 0.3) is 10.6 Å². The molecule has 5 heteroatoms. The Bertz CT molecular complexity index is 522. The van der Waals surface area contributed by atoms with Crippen LogP contribution >= 0.6 is 27.3 Å². The molecule has 17 heavy (non-hydrogen) atoms. The van der Waals surface area contributed by atoms with Gasteiger partial charge in [-0.3, -0.25) is 0 Å². The lowest BCUT2D eigenvalue weighted by Crippen LogP contribution is -2.35. The fourth-order valence-electron chi connectivity index (χ4n) is 1.36. The molecule has 90 valence electrons. The quantitative estimate of drug-likeness (QED) is 0.943. The van der Waals surface area contributed by atoms with Gasteiger partial charge in [-0.1, -0.05) is 0 Å². The number of nitrogens with one attached hydrogen (secondary N) is 1. The van der Waals surface area contributed by atoms with E-state index < -0.39 is 0 Å². The molecule has 0 saturated heterocycles. The maximum atomic E-state index is 4.61. The van der Waals surface area contributed by atoms with Gasteiger partial charge < -0.3 is 5.32 Å². The van der Waals surface area contributed by atoms with Crippen LogP contribution in [0.2, 0.25) is 0 Å². The zero-order chi connectivity index (χ0) is 12.5. The predicted octanol–water partition coefficient (Wildman–Crippen LogP) is 3.42. The Balaban J connectivity index is 2.42. The molecule has 1 N–H and O–H groups in total. The molecule has 0 atom stereocenters. The van der Waals surface area contributed by atoms with E-state index >= 15 is 0 Å². The average Bonchev–Trinajstić information content (AvgIpc) is 2.76. The van der Waals surface area contributed by atoms with E-state index in [0.29, 0.717) is 0 Å². The molecule has 0 bridgehead atoms. The summed E-state index contributed by atoms with van der Waals surface area (Å²) < 4.78 is 1.09. The van der Waals surface area contributed by atoms with Crippen LogP contribution in [0.1, 0.15) is 19.7 Å². The monoisotopic (exact) mass is 311 g/mol. The smallest absolute Gasteiger partial charge is 0.148 e. The highest BCUT2D eigenvalue weighted by Crippen LogP contribution is 2.29. The van der Waals surface area contributed by atoms with Crippen LogP contribution in [0.5, 0.6) is 0 Å². The van der Waals surface area contributed by atoms with Crippen molar-refractivity contribution in [3.63, 3.8) is 0 Å². The summed E-state index contributed by atoms with van der Waals surface area (Å²) in [5.74, 6) is 0.807. The van der Waals surface area contributed by atoms with Gasteiger partial charge in [0.2, 0.25) is 0 Å². The van der Waals surface area contributed by atoms with Crippen molar-refractivity contribution in [3.05, 3.63) is 34.0 Å². The number of hydrogen-bond donors (Lipinski definition) is 1. The third-order valence-corrected chi connectivity index (χ3v) is 4.37. The lowest BCUT2D eigenvalue weighted by molar-refractivity contribution is 0.417. The van der Waals surface area contributed by atoms with Crippen molar-refractivity contribution in [2.24, 2.45) is 0 Å². The van der Waals surface area contributed by atoms with Crippen LogP contribution in [0, 0.1) is 0 Å². The highest BCUT2D eigenvalue weighted by atomic mass is 79.9. The first-order valence-electron chi connectivity index (χ1n) is 5.30. The molecule has 0 aliphatic carbocycles. The van der Waals surface area contributed by atoms with Crippen LogP contribution in [-0.4, -0.2) is 17.0 Å². The first-order valence-corrected chi connectivity index (χ1v) is 6.97. The van der Waals surface area contributed by atoms with Crippen molar-refractivity contribution in [1.29, 1.82) is 0 Å². The van der Waals surface area contributed by atoms with E-state index in [1.807, 2.05) is 19.3 Å². The average molecular weight is 312 g/mol. The summed E-state index contributed by atoms with van der Waals surface area (Å²) in [6.07, 6.45) is 1.81. The van der Waals surface area contributed by atoms with Gasteiger partial charge in [0.05, 0.1) is 16.1 Å². The summed E-state index contributed by atoms with van der Waals surface area (Å²) in [6.45, 7) is 4.13. The Kier molecular flexibility index (Phi) is 3.61. The van der Waals surface area contributed by atoms with Gasteiger partial charge in [-0.25, -0.2) is 9.97 Å². The fraction of sp³-hybridized carbons (Fsp3) is 0.333. The minimum Gasteiger partial charge on any atom is -0.308 e. The molecular formula is C12H14BrN3S. The molecule has 0 aliphatic rings. The van der Waals surface area contributed by atoms with Crippen LogP contribution in [0.4, 0.5) is 0 Å². The van der Waals surface area contributed by atoms with E-state index in [-0.39, 0.29) is 5.54 Å². The third-order valence-electron chi connectivity index (χ3n) is 2.66. The van der Waals surface area contributed by atoms with Gasteiger partial charge in [0, 0.05) is 16.0 Å². The second kappa shape index (κ2) is 4.84. The molecule has 2 aromatic rings. The summed E-state index contributed by atoms with van der Waals surface area (Å²) in [5, 5.41) is 5.27. The number of rotatable bonds is 3. The number of aromatic nitrogens is 2. The molecule has 3 nitrogen and oxygen atoms in total. The summed E-state index contributed by atoms with van der Waals surface area (Å²) in [4.78, 5) is 10.1. The normalized spacial score (nSPS) is 11.8. The van der Waals surface area contributed by atoms with Gasteiger partial charge in [-0.2, -0.15) is 0 Å². The third kappa shape index (κ3) is 2.73. The Morgan fingerprint density at radius 3 is 2.76 bits per heavy atom. The molecule has 0 aromatic carbocycles. The van der Waals surface area contributed by atoms with Gasteiger partial charge in [0.15, 0.2) is 0 Å². The molecule has 2 aromatic heterocycles. The van der Waals surface area contributed by atoms with Gasteiger partial charge in [0.25, 0.3) is 0 Å². The molecule has 0 unspecified atom stereocenters. The lowest BCUT2D eigenvalue weighted by Gasteiger charge is -2.22. The van der Waals surface area contributed by atoms with Crippen LogP contribution in [0.15, 0.2) is 28.2 Å². The first-order chi connectivity index (χ1) is 8.03. The van der Waals surface area contributed by atoms with Crippen molar-refractivity contribution in [2.45, 2.75) is 19.4 Å². The number of hydrogen-bond acceptors (Lipinski definition) is 4. The zero-order valence-corrected chi connectivity index (χ0v) is 12.4. The van der Waals surface area contributed by atoms with Crippen molar-refractivity contribution in [3.8, 4) is 10.6 Å². The standard InChI is InChI=1S/C12H14BrN3S/c1-12(2,14-3)11-15-5-4-9(16-11)10-6-8(13)7-17-10/h4-7,14H,1-3H3. The Labute approximate surface area is 113 Å². The van der Waals surface area contributed by atoms with Gasteiger partial charge in [-0.05, 0) is 49.0 Å². The molecule has 0 aliphatic heterocycles. The summed E-state index contributed by atoms with van der Waals surface area (Å²) in [5.41, 5.74) is 0.749. The SMILES string of the molecule is CNC(C)(C)c1nccc(-c2cc(Br)cs2)n1. The Hall–Kier alpha value is -0.780. The lowest BCUT2D eigenvalue weighted by atomic mass is 10.1. The number of nitrogens with zero attached hydrogens (tertiary/aromatic N) is 2. The molecule has 0 amide bonds. The van der Waals surface area contributed by atoms with E-state index in [9.17, 15) is 0 Å². The van der Waals surface area contributed by atoms with E-state index in [0.717, 1.165) is 20.9 Å². The van der Waals surface area contributed by atoms with Crippen LogP contribution in [-0.2, 0) is 5.54 Å². The fourth-order valence-corrected chi connectivity index (χ4v) is 2.75. The molecule has 2 heterocycles. The summed E-state index contributed by atoms with van der Waals surface area (Å²) in [7, 11) is 1.91. The van der Waals surface area contributed by atoms with Crippen molar-refractivity contribution >= 4 is 27.3 Å².